The van der Waals surface area contributed by atoms with Crippen molar-refractivity contribution in [3.05, 3.63) is 56.3 Å². The molecule has 2 aliphatic rings. The number of ether oxygens (including phenoxy) is 1. The summed E-state index contributed by atoms with van der Waals surface area (Å²) in [6, 6.07) is 7.99. The van der Waals surface area contributed by atoms with Gasteiger partial charge < -0.3 is 15.4 Å². The number of hydrogen-bond acceptors (Lipinski definition) is 6. The van der Waals surface area contributed by atoms with E-state index in [4.69, 9.17) is 21.1 Å². The number of nitrogens with zero attached hydrogens (tertiary/aromatic N) is 4. The first-order valence-electron chi connectivity index (χ1n) is 12.8. The number of para-hydroxylation sites is 2. The van der Waals surface area contributed by atoms with Crippen LogP contribution in [0.5, 0.6) is 0 Å². The number of benzene rings is 1. The van der Waals surface area contributed by atoms with Crippen molar-refractivity contribution in [1.82, 2.24) is 24.2 Å². The van der Waals surface area contributed by atoms with E-state index in [1.807, 2.05) is 35.9 Å². The van der Waals surface area contributed by atoms with Crippen LogP contribution in [0.2, 0.25) is 5.02 Å². The average Bonchev–Trinajstić information content (AvgIpc) is 3.20. The van der Waals surface area contributed by atoms with Crippen molar-refractivity contribution in [2.45, 2.75) is 50.6 Å². The minimum atomic E-state index is -0.257. The van der Waals surface area contributed by atoms with Crippen LogP contribution in [-0.4, -0.2) is 52.1 Å². The third kappa shape index (κ3) is 5.91. The molecular formula is C26H35ClN6O4. The summed E-state index contributed by atoms with van der Waals surface area (Å²) < 4.78 is 10.7. The summed E-state index contributed by atoms with van der Waals surface area (Å²) in [5.74, 6) is 0.421. The Morgan fingerprint density at radius 2 is 1.78 bits per heavy atom. The van der Waals surface area contributed by atoms with E-state index in [0.717, 1.165) is 69.3 Å². The van der Waals surface area contributed by atoms with Gasteiger partial charge in [0.2, 0.25) is 6.41 Å². The van der Waals surface area contributed by atoms with E-state index >= 15 is 0 Å². The fourth-order valence-electron chi connectivity index (χ4n) is 5.28. The number of anilines is 1. The Hall–Kier alpha value is -3.11. The number of carbonyl (C=O) groups is 1. The number of rotatable bonds is 6. The van der Waals surface area contributed by atoms with Gasteiger partial charge in [0.05, 0.1) is 35.6 Å². The van der Waals surface area contributed by atoms with Crippen molar-refractivity contribution >= 4 is 34.7 Å². The minimum absolute atomic E-state index is 0.0109. The normalized spacial score (nSPS) is 21.6. The maximum Gasteiger partial charge on any atom is 0.329 e. The van der Waals surface area contributed by atoms with Gasteiger partial charge in [0.25, 0.3) is 5.56 Å². The molecule has 200 valence electrons. The van der Waals surface area contributed by atoms with Gasteiger partial charge >= 0.3 is 5.69 Å². The number of hydrogen-bond donors (Lipinski definition) is 2. The zero-order valence-electron chi connectivity index (χ0n) is 21.4. The van der Waals surface area contributed by atoms with Crippen LogP contribution >= 0.6 is 11.6 Å². The van der Waals surface area contributed by atoms with Crippen LogP contribution < -0.4 is 21.9 Å². The van der Waals surface area contributed by atoms with Gasteiger partial charge in [0, 0.05) is 33.3 Å². The van der Waals surface area contributed by atoms with Crippen LogP contribution in [0.25, 0.3) is 11.0 Å². The van der Waals surface area contributed by atoms with Gasteiger partial charge in [-0.15, -0.1) is 0 Å². The standard InChI is InChI=1S/C24H30ClN5O3.C2H5NO/c1-28-20-6-2-3-7-21(20)29(24(28)32)17-8-10-18(11-9-17)30-23(31)22(25)19(14-27-30)26-13-16-5-4-12-33-15-16;1-3-2-4/h2-3,6-7,14,16-18,26H,4-5,8-13,15H2,1H3;2H,1H3,(H,3,4). The lowest BCUT2D eigenvalue weighted by Crippen LogP contribution is -2.33. The number of amides is 1. The second-order valence-corrected chi connectivity index (χ2v) is 10.0. The van der Waals surface area contributed by atoms with E-state index in [2.05, 4.69) is 15.7 Å². The molecule has 2 fully saturated rings. The van der Waals surface area contributed by atoms with Gasteiger partial charge in [-0.3, -0.25) is 18.7 Å². The van der Waals surface area contributed by atoms with Gasteiger partial charge in [0.15, 0.2) is 0 Å². The molecule has 1 unspecified atom stereocenters. The number of carbonyl (C=O) groups excluding carboxylic acids is 1. The smallest absolute Gasteiger partial charge is 0.329 e. The lowest BCUT2D eigenvalue weighted by molar-refractivity contribution is -0.109. The number of halogens is 1. The van der Waals surface area contributed by atoms with Crippen LogP contribution in [0.3, 0.4) is 0 Å². The molecule has 3 aromatic rings. The Balaban J connectivity index is 0.000000747. The summed E-state index contributed by atoms with van der Waals surface area (Å²) in [5.41, 5.74) is 2.24. The fourth-order valence-corrected chi connectivity index (χ4v) is 5.49. The van der Waals surface area contributed by atoms with E-state index in [1.54, 1.807) is 17.8 Å². The van der Waals surface area contributed by atoms with Crippen molar-refractivity contribution in [3.8, 4) is 0 Å². The van der Waals surface area contributed by atoms with E-state index in [-0.39, 0.29) is 28.4 Å². The third-order valence-electron chi connectivity index (χ3n) is 7.27. The predicted molar refractivity (Wildman–Crippen MR) is 144 cm³/mol. The monoisotopic (exact) mass is 530 g/mol. The molecule has 5 rings (SSSR count). The molecule has 2 aromatic heterocycles. The van der Waals surface area contributed by atoms with Crippen LogP contribution in [0.1, 0.15) is 50.6 Å². The SMILES string of the molecule is CNC=O.Cn1c(=O)n(C2CCC(n3ncc(NCC4CCCOC4)c(Cl)c3=O)CC2)c2ccccc21. The van der Waals surface area contributed by atoms with Crippen molar-refractivity contribution < 1.29 is 9.53 Å². The van der Waals surface area contributed by atoms with Crippen molar-refractivity contribution in [2.24, 2.45) is 13.0 Å². The highest BCUT2D eigenvalue weighted by Gasteiger charge is 2.28. The Kier molecular flexibility index (Phi) is 9.04. The predicted octanol–water partition coefficient (Wildman–Crippen LogP) is 3.11. The largest absolute Gasteiger partial charge is 0.382 e. The number of fused-ring (bicyclic) bond motifs is 1. The maximum absolute atomic E-state index is 13.0. The van der Waals surface area contributed by atoms with Crippen LogP contribution in [0, 0.1) is 5.92 Å². The first-order valence-corrected chi connectivity index (χ1v) is 13.2. The number of aryl methyl sites for hydroxylation is 1. The number of nitrogens with one attached hydrogen (secondary N) is 2. The first kappa shape index (κ1) is 26.9. The summed E-state index contributed by atoms with van der Waals surface area (Å²) in [5, 5.41) is 10.2. The molecule has 1 saturated carbocycles. The lowest BCUT2D eigenvalue weighted by Gasteiger charge is -2.30. The molecule has 1 atom stereocenters. The Morgan fingerprint density at radius 3 is 2.43 bits per heavy atom. The molecule has 3 heterocycles. The summed E-state index contributed by atoms with van der Waals surface area (Å²) in [6.07, 6.45) is 7.63. The van der Waals surface area contributed by atoms with Gasteiger partial charge in [-0.2, -0.15) is 5.10 Å². The van der Waals surface area contributed by atoms with E-state index in [1.165, 1.54) is 4.68 Å². The Bertz CT molecular complexity index is 1320. The van der Waals surface area contributed by atoms with Gasteiger partial charge in [0.1, 0.15) is 5.02 Å². The minimum Gasteiger partial charge on any atom is -0.382 e. The molecule has 10 nitrogen and oxygen atoms in total. The molecule has 1 aromatic carbocycles. The zero-order valence-corrected chi connectivity index (χ0v) is 22.1. The second kappa shape index (κ2) is 12.4. The van der Waals surface area contributed by atoms with Crippen LogP contribution in [0.15, 0.2) is 40.1 Å². The zero-order chi connectivity index (χ0) is 26.4. The maximum atomic E-state index is 13.0. The lowest BCUT2D eigenvalue weighted by atomic mass is 9.91. The molecule has 0 spiro atoms. The first-order chi connectivity index (χ1) is 18.0. The molecule has 1 aliphatic heterocycles. The van der Waals surface area contributed by atoms with Crippen LogP contribution in [0.4, 0.5) is 5.69 Å². The highest BCUT2D eigenvalue weighted by Crippen LogP contribution is 2.35. The van der Waals surface area contributed by atoms with Crippen molar-refractivity contribution in [2.75, 3.05) is 32.1 Å². The van der Waals surface area contributed by atoms with E-state index in [9.17, 15) is 9.59 Å². The molecule has 1 aliphatic carbocycles. The molecule has 37 heavy (non-hydrogen) atoms. The fraction of sp³-hybridized carbons (Fsp3) is 0.538. The molecule has 2 N–H and O–H groups in total. The molecule has 1 saturated heterocycles. The van der Waals surface area contributed by atoms with Gasteiger partial charge in [-0.05, 0) is 56.6 Å². The Labute approximate surface area is 220 Å². The quantitative estimate of drug-likeness (QED) is 0.474. The molecule has 1 amide bonds. The molecular weight excluding hydrogens is 496 g/mol. The number of imidazole rings is 1. The molecule has 0 bridgehead atoms. The third-order valence-corrected chi connectivity index (χ3v) is 7.64. The molecule has 11 heteroatoms. The summed E-state index contributed by atoms with van der Waals surface area (Å²) in [4.78, 5) is 34.9. The summed E-state index contributed by atoms with van der Waals surface area (Å²) >= 11 is 6.43. The summed E-state index contributed by atoms with van der Waals surface area (Å²) in [6.45, 7) is 2.28. The highest BCUT2D eigenvalue weighted by atomic mass is 35.5. The van der Waals surface area contributed by atoms with Gasteiger partial charge in [-0.1, -0.05) is 23.7 Å². The molecule has 0 radical (unpaired) electrons. The highest BCUT2D eigenvalue weighted by molar-refractivity contribution is 6.32. The van der Waals surface area contributed by atoms with Crippen molar-refractivity contribution in [3.63, 3.8) is 0 Å². The topological polar surface area (TPSA) is 112 Å². The van der Waals surface area contributed by atoms with Gasteiger partial charge in [-0.25, -0.2) is 9.48 Å². The average molecular weight is 531 g/mol. The van der Waals surface area contributed by atoms with E-state index < -0.39 is 0 Å². The van der Waals surface area contributed by atoms with Crippen molar-refractivity contribution in [1.29, 1.82) is 0 Å². The van der Waals surface area contributed by atoms with Crippen LogP contribution in [-0.2, 0) is 16.6 Å². The number of aromatic nitrogens is 4. The summed E-state index contributed by atoms with van der Waals surface area (Å²) in [7, 11) is 3.38. The van der Waals surface area contributed by atoms with E-state index in [0.29, 0.717) is 18.0 Å². The Morgan fingerprint density at radius 1 is 1.11 bits per heavy atom. The second-order valence-electron chi connectivity index (χ2n) is 9.66.